The lowest BCUT2D eigenvalue weighted by Gasteiger charge is -2.06. The van der Waals surface area contributed by atoms with Crippen molar-refractivity contribution in [1.82, 2.24) is 0 Å². The van der Waals surface area contributed by atoms with E-state index in [-0.39, 0.29) is 11.5 Å². The number of rotatable bonds is 2. The zero-order valence-electron chi connectivity index (χ0n) is 6.92. The second kappa shape index (κ2) is 4.11. The first-order valence-electron chi connectivity index (χ1n) is 3.64. The molecule has 0 amide bonds. The SMILES string of the molecule is CC(=O)C(Br)c1cc(O)cc(Cl)c1. The number of carbonyl (C=O) groups excluding carboxylic acids is 1. The van der Waals surface area contributed by atoms with Crippen molar-refractivity contribution >= 4 is 33.3 Å². The number of phenolic OH excluding ortho intramolecular Hbond substituents is 1. The first kappa shape index (κ1) is 10.5. The van der Waals surface area contributed by atoms with E-state index in [9.17, 15) is 9.90 Å². The van der Waals surface area contributed by atoms with Crippen LogP contribution >= 0.6 is 27.5 Å². The van der Waals surface area contributed by atoms with Crippen LogP contribution in [0.3, 0.4) is 0 Å². The number of aromatic hydroxyl groups is 1. The van der Waals surface area contributed by atoms with Gasteiger partial charge < -0.3 is 5.11 Å². The minimum Gasteiger partial charge on any atom is -0.508 e. The highest BCUT2D eigenvalue weighted by Gasteiger charge is 2.13. The molecule has 0 bridgehead atoms. The summed E-state index contributed by atoms with van der Waals surface area (Å²) in [6.45, 7) is 1.47. The largest absolute Gasteiger partial charge is 0.508 e. The van der Waals surface area contributed by atoms with Crippen LogP contribution in [0.15, 0.2) is 18.2 Å². The summed E-state index contributed by atoms with van der Waals surface area (Å²) in [5.74, 6) is 0.0369. The first-order valence-corrected chi connectivity index (χ1v) is 4.94. The van der Waals surface area contributed by atoms with Crippen LogP contribution in [-0.2, 0) is 4.79 Å². The third-order valence-electron chi connectivity index (χ3n) is 1.55. The van der Waals surface area contributed by atoms with Crippen LogP contribution in [0.25, 0.3) is 0 Å². The Morgan fingerprint density at radius 3 is 2.62 bits per heavy atom. The van der Waals surface area contributed by atoms with Crippen molar-refractivity contribution in [3.63, 3.8) is 0 Å². The first-order chi connectivity index (χ1) is 6.00. The molecule has 0 spiro atoms. The van der Waals surface area contributed by atoms with Crippen molar-refractivity contribution in [1.29, 1.82) is 0 Å². The maximum Gasteiger partial charge on any atom is 0.147 e. The van der Waals surface area contributed by atoms with Gasteiger partial charge >= 0.3 is 0 Å². The summed E-state index contributed by atoms with van der Waals surface area (Å²) >= 11 is 8.91. The van der Waals surface area contributed by atoms with Crippen LogP contribution in [-0.4, -0.2) is 10.9 Å². The molecule has 70 valence electrons. The molecule has 0 aromatic heterocycles. The van der Waals surface area contributed by atoms with Gasteiger partial charge in [-0.3, -0.25) is 4.79 Å². The average Bonchev–Trinajstić information content (AvgIpc) is 2.01. The van der Waals surface area contributed by atoms with Crippen LogP contribution < -0.4 is 0 Å². The maximum absolute atomic E-state index is 11.0. The van der Waals surface area contributed by atoms with E-state index in [0.717, 1.165) is 0 Å². The Morgan fingerprint density at radius 2 is 2.15 bits per heavy atom. The minimum absolute atomic E-state index is 0.0262. The number of benzene rings is 1. The summed E-state index contributed by atoms with van der Waals surface area (Å²) < 4.78 is 0. The third-order valence-corrected chi connectivity index (χ3v) is 2.95. The molecule has 0 aliphatic carbocycles. The predicted molar refractivity (Wildman–Crippen MR) is 55.5 cm³/mol. The minimum atomic E-state index is -0.405. The van der Waals surface area contributed by atoms with Crippen molar-refractivity contribution in [3.05, 3.63) is 28.8 Å². The number of phenols is 1. The Morgan fingerprint density at radius 1 is 1.54 bits per heavy atom. The highest BCUT2D eigenvalue weighted by molar-refractivity contribution is 9.09. The zero-order chi connectivity index (χ0) is 10.0. The molecule has 0 heterocycles. The smallest absolute Gasteiger partial charge is 0.147 e. The van der Waals surface area contributed by atoms with Crippen molar-refractivity contribution in [2.45, 2.75) is 11.8 Å². The Hall–Kier alpha value is -0.540. The molecule has 4 heteroatoms. The van der Waals surface area contributed by atoms with Gasteiger partial charge in [-0.05, 0) is 30.7 Å². The van der Waals surface area contributed by atoms with E-state index in [1.54, 1.807) is 6.07 Å². The maximum atomic E-state index is 11.0. The summed E-state index contributed by atoms with van der Waals surface area (Å²) in [7, 11) is 0. The second-order valence-electron chi connectivity index (χ2n) is 2.72. The highest BCUT2D eigenvalue weighted by atomic mass is 79.9. The number of Topliss-reactive ketones (excluding diaryl/α,β-unsaturated/α-hetero) is 1. The fraction of sp³-hybridized carbons (Fsp3) is 0.222. The number of ketones is 1. The van der Waals surface area contributed by atoms with Gasteiger partial charge in [0.25, 0.3) is 0 Å². The zero-order valence-corrected chi connectivity index (χ0v) is 9.26. The fourth-order valence-corrected chi connectivity index (χ4v) is 1.48. The van der Waals surface area contributed by atoms with Gasteiger partial charge in [0.2, 0.25) is 0 Å². The predicted octanol–water partition coefficient (Wildman–Crippen LogP) is 3.07. The summed E-state index contributed by atoms with van der Waals surface area (Å²) in [5.41, 5.74) is 0.664. The molecular weight excluding hydrogens is 255 g/mol. The molecule has 1 unspecified atom stereocenters. The van der Waals surface area contributed by atoms with Gasteiger partial charge in [0.15, 0.2) is 0 Å². The van der Waals surface area contributed by atoms with Crippen molar-refractivity contribution in [2.24, 2.45) is 0 Å². The summed E-state index contributed by atoms with van der Waals surface area (Å²) in [6, 6.07) is 4.57. The molecule has 1 rings (SSSR count). The summed E-state index contributed by atoms with van der Waals surface area (Å²) in [4.78, 5) is 10.6. The van der Waals surface area contributed by atoms with Crippen LogP contribution in [0.4, 0.5) is 0 Å². The van der Waals surface area contributed by atoms with E-state index in [0.29, 0.717) is 10.6 Å². The number of halogens is 2. The van der Waals surface area contributed by atoms with Gasteiger partial charge in [0.05, 0.1) is 4.83 Å². The molecule has 0 aliphatic heterocycles. The molecule has 1 N–H and O–H groups in total. The lowest BCUT2D eigenvalue weighted by atomic mass is 10.1. The highest BCUT2D eigenvalue weighted by Crippen LogP contribution is 2.29. The van der Waals surface area contributed by atoms with Gasteiger partial charge in [0.1, 0.15) is 11.5 Å². The van der Waals surface area contributed by atoms with Crippen molar-refractivity contribution in [2.75, 3.05) is 0 Å². The lowest BCUT2D eigenvalue weighted by molar-refractivity contribution is -0.116. The fourth-order valence-electron chi connectivity index (χ4n) is 0.977. The number of hydrogen-bond donors (Lipinski definition) is 1. The van der Waals surface area contributed by atoms with E-state index in [2.05, 4.69) is 15.9 Å². The normalized spacial score (nSPS) is 12.5. The van der Waals surface area contributed by atoms with Gasteiger partial charge in [-0.1, -0.05) is 27.5 Å². The molecule has 1 aromatic carbocycles. The van der Waals surface area contributed by atoms with Crippen LogP contribution in [0.5, 0.6) is 5.75 Å². The Balaban J connectivity index is 3.07. The van der Waals surface area contributed by atoms with E-state index in [4.69, 9.17) is 11.6 Å². The Kier molecular flexibility index (Phi) is 3.33. The second-order valence-corrected chi connectivity index (χ2v) is 4.07. The van der Waals surface area contributed by atoms with Gasteiger partial charge in [0, 0.05) is 5.02 Å². The molecule has 2 nitrogen and oxygen atoms in total. The number of alkyl halides is 1. The van der Waals surface area contributed by atoms with E-state index < -0.39 is 4.83 Å². The van der Waals surface area contributed by atoms with Gasteiger partial charge in [-0.25, -0.2) is 0 Å². The molecule has 0 fully saturated rings. The van der Waals surface area contributed by atoms with Crippen LogP contribution in [0, 0.1) is 0 Å². The Bertz CT molecular complexity index is 318. The molecule has 1 aromatic rings. The van der Waals surface area contributed by atoms with Crippen molar-refractivity contribution < 1.29 is 9.90 Å². The topological polar surface area (TPSA) is 37.3 Å². The number of hydrogen-bond acceptors (Lipinski definition) is 2. The molecule has 0 radical (unpaired) electrons. The van der Waals surface area contributed by atoms with Crippen molar-refractivity contribution in [3.8, 4) is 5.75 Å². The van der Waals surface area contributed by atoms with Gasteiger partial charge in [-0.2, -0.15) is 0 Å². The Labute approximate surface area is 89.7 Å². The summed E-state index contributed by atoms with van der Waals surface area (Å²) in [6.07, 6.45) is 0. The molecule has 0 saturated heterocycles. The van der Waals surface area contributed by atoms with Crippen LogP contribution in [0.1, 0.15) is 17.3 Å². The third kappa shape index (κ3) is 2.71. The molecule has 1 atom stereocenters. The lowest BCUT2D eigenvalue weighted by Crippen LogP contribution is -2.00. The van der Waals surface area contributed by atoms with E-state index in [1.165, 1.54) is 19.1 Å². The number of carbonyl (C=O) groups is 1. The average molecular weight is 264 g/mol. The molecule has 0 saturated carbocycles. The molecule has 0 aliphatic rings. The molecular formula is C9H8BrClO2. The van der Waals surface area contributed by atoms with Crippen LogP contribution in [0.2, 0.25) is 5.02 Å². The quantitative estimate of drug-likeness (QED) is 0.833. The monoisotopic (exact) mass is 262 g/mol. The molecule has 13 heavy (non-hydrogen) atoms. The van der Waals surface area contributed by atoms with E-state index in [1.807, 2.05) is 0 Å². The van der Waals surface area contributed by atoms with E-state index >= 15 is 0 Å². The standard InChI is InChI=1S/C9H8BrClO2/c1-5(12)9(10)6-2-7(11)4-8(13)3-6/h2-4,9,13H,1H3. The summed E-state index contributed by atoms with van der Waals surface area (Å²) in [5, 5.41) is 9.63. The van der Waals surface area contributed by atoms with Gasteiger partial charge in [-0.15, -0.1) is 0 Å².